The Morgan fingerprint density at radius 3 is 2.21 bits per heavy atom. The minimum atomic E-state index is -4.82. The molecule has 0 saturated carbocycles. The van der Waals surface area contributed by atoms with Gasteiger partial charge < -0.3 is 10.1 Å². The van der Waals surface area contributed by atoms with Gasteiger partial charge in [0, 0.05) is 5.56 Å². The lowest BCUT2D eigenvalue weighted by molar-refractivity contribution is -0.274. The summed E-state index contributed by atoms with van der Waals surface area (Å²) in [7, 11) is 0. The fourth-order valence-corrected chi connectivity index (χ4v) is 3.62. The van der Waals surface area contributed by atoms with Gasteiger partial charge in [-0.1, -0.05) is 45.4 Å². The van der Waals surface area contributed by atoms with Crippen molar-refractivity contribution in [2.24, 2.45) is 0 Å². The van der Waals surface area contributed by atoms with Crippen LogP contribution in [0.4, 0.5) is 18.9 Å². The molecule has 0 aliphatic heterocycles. The number of carbonyl (C=O) groups is 1. The molecule has 6 heteroatoms. The zero-order valence-electron chi connectivity index (χ0n) is 17.0. The second kappa shape index (κ2) is 8.09. The zero-order valence-corrected chi connectivity index (χ0v) is 17.0. The summed E-state index contributed by atoms with van der Waals surface area (Å²) in [6.07, 6.45) is -0.912. The highest BCUT2D eigenvalue weighted by Gasteiger charge is 2.34. The summed E-state index contributed by atoms with van der Waals surface area (Å²) >= 11 is 0. The Morgan fingerprint density at radius 2 is 1.59 bits per heavy atom. The van der Waals surface area contributed by atoms with Gasteiger partial charge in [-0.2, -0.15) is 0 Å². The van der Waals surface area contributed by atoms with Crippen molar-refractivity contribution >= 4 is 11.6 Å². The Morgan fingerprint density at radius 1 is 0.931 bits per heavy atom. The average molecular weight is 405 g/mol. The Labute approximate surface area is 169 Å². The molecule has 3 rings (SSSR count). The van der Waals surface area contributed by atoms with E-state index in [1.165, 1.54) is 6.07 Å². The van der Waals surface area contributed by atoms with Gasteiger partial charge in [-0.05, 0) is 66.0 Å². The molecule has 2 aromatic rings. The lowest BCUT2D eigenvalue weighted by Gasteiger charge is -2.20. The fraction of sp³-hybridized carbons (Fsp3) is 0.435. The molecular formula is C23H26F3NO2. The lowest BCUT2D eigenvalue weighted by Crippen LogP contribution is -2.21. The predicted molar refractivity (Wildman–Crippen MR) is 107 cm³/mol. The number of hydrogen-bond acceptors (Lipinski definition) is 2. The van der Waals surface area contributed by atoms with Gasteiger partial charge in [-0.25, -0.2) is 0 Å². The van der Waals surface area contributed by atoms with E-state index in [0.29, 0.717) is 24.0 Å². The monoisotopic (exact) mass is 405 g/mol. The van der Waals surface area contributed by atoms with Crippen LogP contribution in [-0.4, -0.2) is 12.3 Å². The van der Waals surface area contributed by atoms with Crippen LogP contribution in [0.2, 0.25) is 0 Å². The summed E-state index contributed by atoms with van der Waals surface area (Å²) in [5, 5.41) is 2.61. The standard InChI is InChI=1S/C23H26F3NO2/c1-22(2,3)17-12-9-16(10-13-17)21(28)27-19-14-11-15-7-5-4-6-8-18(15)20(19)29-23(24,25)26/h9-14H,4-8H2,1-3H3,(H,27,28). The SMILES string of the molecule is CC(C)(C)c1ccc(C(=O)Nc2ccc3c(c2OC(F)(F)F)CCCCC3)cc1. The fourth-order valence-electron chi connectivity index (χ4n) is 3.62. The number of alkyl halides is 3. The summed E-state index contributed by atoms with van der Waals surface area (Å²) in [5.74, 6) is -0.748. The highest BCUT2D eigenvalue weighted by atomic mass is 19.4. The Balaban J connectivity index is 1.91. The van der Waals surface area contributed by atoms with Gasteiger partial charge in [0.25, 0.3) is 5.91 Å². The second-order valence-electron chi connectivity index (χ2n) is 8.47. The number of fused-ring (bicyclic) bond motifs is 1. The van der Waals surface area contributed by atoms with Gasteiger partial charge in [0.1, 0.15) is 0 Å². The third-order valence-electron chi connectivity index (χ3n) is 5.21. The molecule has 0 aromatic heterocycles. The van der Waals surface area contributed by atoms with Crippen LogP contribution in [0.5, 0.6) is 5.75 Å². The van der Waals surface area contributed by atoms with Crippen LogP contribution >= 0.6 is 0 Å². The molecule has 29 heavy (non-hydrogen) atoms. The first-order valence-electron chi connectivity index (χ1n) is 9.87. The van der Waals surface area contributed by atoms with Crippen LogP contribution in [0.15, 0.2) is 36.4 Å². The molecule has 0 bridgehead atoms. The van der Waals surface area contributed by atoms with Crippen molar-refractivity contribution in [2.45, 2.75) is 64.7 Å². The quantitative estimate of drug-likeness (QED) is 0.600. The summed E-state index contributed by atoms with van der Waals surface area (Å²) in [6.45, 7) is 6.20. The van der Waals surface area contributed by atoms with E-state index in [1.807, 2.05) is 12.1 Å². The topological polar surface area (TPSA) is 38.3 Å². The summed E-state index contributed by atoms with van der Waals surface area (Å²) in [6, 6.07) is 10.4. The van der Waals surface area contributed by atoms with Crippen molar-refractivity contribution < 1.29 is 22.7 Å². The molecule has 2 aromatic carbocycles. The zero-order chi connectivity index (χ0) is 21.2. The third-order valence-corrected chi connectivity index (χ3v) is 5.21. The Kier molecular flexibility index (Phi) is 5.92. The Hall–Kier alpha value is -2.50. The van der Waals surface area contributed by atoms with Crippen molar-refractivity contribution in [3.63, 3.8) is 0 Å². The van der Waals surface area contributed by atoms with E-state index in [4.69, 9.17) is 0 Å². The molecule has 1 N–H and O–H groups in total. The van der Waals surface area contributed by atoms with E-state index in [-0.39, 0.29) is 16.9 Å². The van der Waals surface area contributed by atoms with Crippen LogP contribution in [0.3, 0.4) is 0 Å². The first-order valence-corrected chi connectivity index (χ1v) is 9.87. The number of hydrogen-bond donors (Lipinski definition) is 1. The van der Waals surface area contributed by atoms with E-state index >= 15 is 0 Å². The molecule has 0 atom stereocenters. The van der Waals surface area contributed by atoms with Gasteiger partial charge in [-0.15, -0.1) is 13.2 Å². The highest BCUT2D eigenvalue weighted by molar-refractivity contribution is 6.05. The van der Waals surface area contributed by atoms with Gasteiger partial charge in [0.15, 0.2) is 5.75 Å². The number of anilines is 1. The molecule has 3 nitrogen and oxygen atoms in total. The minimum Gasteiger partial charge on any atom is -0.403 e. The number of nitrogens with one attached hydrogen (secondary N) is 1. The van der Waals surface area contributed by atoms with Crippen molar-refractivity contribution in [1.29, 1.82) is 0 Å². The number of ether oxygens (including phenoxy) is 1. The molecule has 1 aliphatic carbocycles. The minimum absolute atomic E-state index is 0.0490. The maximum absolute atomic E-state index is 13.1. The molecule has 0 unspecified atom stereocenters. The van der Waals surface area contributed by atoms with Crippen molar-refractivity contribution in [2.75, 3.05) is 5.32 Å². The summed E-state index contributed by atoms with van der Waals surface area (Å²) in [5.41, 5.74) is 2.84. The van der Waals surface area contributed by atoms with Gasteiger partial charge in [0.2, 0.25) is 0 Å². The molecule has 156 valence electrons. The molecule has 0 heterocycles. The van der Waals surface area contributed by atoms with E-state index < -0.39 is 12.3 Å². The predicted octanol–water partition coefficient (Wildman–Crippen LogP) is 6.40. The van der Waals surface area contributed by atoms with Crippen LogP contribution in [0.25, 0.3) is 0 Å². The van der Waals surface area contributed by atoms with Crippen LogP contribution in [0.1, 0.15) is 67.1 Å². The van der Waals surface area contributed by atoms with Crippen LogP contribution in [-0.2, 0) is 18.3 Å². The van der Waals surface area contributed by atoms with Crippen LogP contribution in [0, 0.1) is 0 Å². The number of halogens is 3. The second-order valence-corrected chi connectivity index (χ2v) is 8.47. The largest absolute Gasteiger partial charge is 0.573 e. The molecule has 1 amide bonds. The lowest BCUT2D eigenvalue weighted by atomic mass is 9.86. The van der Waals surface area contributed by atoms with Gasteiger partial charge in [0.05, 0.1) is 5.69 Å². The van der Waals surface area contributed by atoms with Crippen molar-refractivity contribution in [3.8, 4) is 5.75 Å². The Bertz CT molecular complexity index is 881. The van der Waals surface area contributed by atoms with Gasteiger partial charge in [-0.3, -0.25) is 4.79 Å². The van der Waals surface area contributed by atoms with Crippen molar-refractivity contribution in [3.05, 3.63) is 58.7 Å². The summed E-state index contributed by atoms with van der Waals surface area (Å²) in [4.78, 5) is 12.7. The normalized spacial score (nSPS) is 14.7. The van der Waals surface area contributed by atoms with E-state index in [0.717, 1.165) is 30.4 Å². The first-order chi connectivity index (χ1) is 13.5. The number of aryl methyl sites for hydroxylation is 1. The number of carbonyl (C=O) groups excluding carboxylic acids is 1. The molecule has 0 spiro atoms. The van der Waals surface area contributed by atoms with Crippen molar-refractivity contribution in [1.82, 2.24) is 0 Å². The van der Waals surface area contributed by atoms with Crippen LogP contribution < -0.4 is 10.1 Å². The number of rotatable bonds is 3. The smallest absolute Gasteiger partial charge is 0.403 e. The average Bonchev–Trinajstić information content (AvgIpc) is 2.87. The number of benzene rings is 2. The van der Waals surface area contributed by atoms with E-state index in [1.54, 1.807) is 18.2 Å². The van der Waals surface area contributed by atoms with E-state index in [9.17, 15) is 18.0 Å². The summed E-state index contributed by atoms with van der Waals surface area (Å²) < 4.78 is 43.6. The third kappa shape index (κ3) is 5.31. The van der Waals surface area contributed by atoms with Gasteiger partial charge >= 0.3 is 6.36 Å². The maximum atomic E-state index is 13.1. The molecule has 1 aliphatic rings. The highest BCUT2D eigenvalue weighted by Crippen LogP contribution is 2.39. The maximum Gasteiger partial charge on any atom is 0.573 e. The molecule has 0 saturated heterocycles. The molecule has 0 fully saturated rings. The molecule has 0 radical (unpaired) electrons. The first kappa shape index (κ1) is 21.2. The number of amides is 1. The van der Waals surface area contributed by atoms with E-state index in [2.05, 4.69) is 30.8 Å². The molecular weight excluding hydrogens is 379 g/mol.